The van der Waals surface area contributed by atoms with Crippen LogP contribution in [0.15, 0.2) is 58.9 Å². The van der Waals surface area contributed by atoms with Gasteiger partial charge in [0.2, 0.25) is 5.91 Å². The Hall–Kier alpha value is -2.83. The van der Waals surface area contributed by atoms with Gasteiger partial charge < -0.3 is 4.90 Å². The zero-order valence-electron chi connectivity index (χ0n) is 15.1. The third-order valence-electron chi connectivity index (χ3n) is 4.03. The molecule has 2 heterocycles. The van der Waals surface area contributed by atoms with Crippen LogP contribution in [0.1, 0.15) is 11.1 Å². The van der Waals surface area contributed by atoms with E-state index < -0.39 is 17.3 Å². The fourth-order valence-corrected chi connectivity index (χ4v) is 4.13. The van der Waals surface area contributed by atoms with Gasteiger partial charge in [0, 0.05) is 12.7 Å². The first-order chi connectivity index (χ1) is 13.8. The van der Waals surface area contributed by atoms with E-state index in [-0.39, 0.29) is 22.4 Å². The highest BCUT2D eigenvalue weighted by molar-refractivity contribution is 8.00. The van der Waals surface area contributed by atoms with Crippen LogP contribution in [0.2, 0.25) is 0 Å². The van der Waals surface area contributed by atoms with Crippen molar-refractivity contribution in [1.29, 1.82) is 5.26 Å². The predicted octanol–water partition coefficient (Wildman–Crippen LogP) is 5.46. The van der Waals surface area contributed by atoms with Gasteiger partial charge >= 0.3 is 6.18 Å². The molecule has 0 saturated carbocycles. The molecule has 0 radical (unpaired) electrons. The van der Waals surface area contributed by atoms with E-state index in [0.29, 0.717) is 10.6 Å². The molecule has 1 amide bonds. The number of aromatic nitrogens is 1. The maximum Gasteiger partial charge on any atom is 0.417 e. The van der Waals surface area contributed by atoms with Crippen molar-refractivity contribution in [2.45, 2.75) is 11.2 Å². The van der Waals surface area contributed by atoms with Crippen molar-refractivity contribution in [2.75, 3.05) is 17.7 Å². The number of carbonyl (C=O) groups excluding carboxylic acids is 1. The van der Waals surface area contributed by atoms with Crippen molar-refractivity contribution in [1.82, 2.24) is 4.98 Å². The third-order valence-corrected chi connectivity index (χ3v) is 5.88. The SMILES string of the molecule is CN(C(=O)CSc1nc(-c2cccs2)cc(C(F)(F)F)c1C#N)c1ccccc1. The lowest BCUT2D eigenvalue weighted by Crippen LogP contribution is -2.27. The van der Waals surface area contributed by atoms with Crippen LogP contribution in [-0.4, -0.2) is 23.7 Å². The number of benzene rings is 1. The number of amides is 1. The van der Waals surface area contributed by atoms with Gasteiger partial charge in [0.05, 0.1) is 27.5 Å². The van der Waals surface area contributed by atoms with Crippen LogP contribution in [0.4, 0.5) is 18.9 Å². The number of halogens is 3. The van der Waals surface area contributed by atoms with Crippen molar-refractivity contribution in [2.24, 2.45) is 0 Å². The molecule has 0 N–H and O–H groups in total. The molecule has 0 aliphatic rings. The molecular formula is C20H14F3N3OS2. The topological polar surface area (TPSA) is 57.0 Å². The maximum atomic E-state index is 13.5. The zero-order chi connectivity index (χ0) is 21.0. The Morgan fingerprint density at radius 2 is 1.97 bits per heavy atom. The van der Waals surface area contributed by atoms with E-state index in [1.807, 2.05) is 6.07 Å². The summed E-state index contributed by atoms with van der Waals surface area (Å²) >= 11 is 2.07. The molecule has 1 aromatic carbocycles. The summed E-state index contributed by atoms with van der Waals surface area (Å²) in [4.78, 5) is 18.7. The standard InChI is InChI=1S/C20H14F3N3OS2/c1-26(13-6-3-2-4-7-13)18(27)12-29-19-14(11-24)15(20(21,22)23)10-16(25-19)17-8-5-9-28-17/h2-10H,12H2,1H3. The Morgan fingerprint density at radius 3 is 2.55 bits per heavy atom. The number of hydrogen-bond donors (Lipinski definition) is 0. The number of rotatable bonds is 5. The number of nitriles is 1. The molecule has 29 heavy (non-hydrogen) atoms. The van der Waals surface area contributed by atoms with Crippen LogP contribution in [-0.2, 0) is 11.0 Å². The molecule has 9 heteroatoms. The lowest BCUT2D eigenvalue weighted by molar-refractivity contribution is -0.138. The molecule has 0 saturated heterocycles. The van der Waals surface area contributed by atoms with E-state index in [1.54, 1.807) is 54.9 Å². The number of nitrogens with zero attached hydrogens (tertiary/aromatic N) is 3. The van der Waals surface area contributed by atoms with Gasteiger partial charge in [-0.1, -0.05) is 36.0 Å². The molecule has 0 unspecified atom stereocenters. The van der Waals surface area contributed by atoms with Gasteiger partial charge in [0.1, 0.15) is 11.1 Å². The number of thioether (sulfide) groups is 1. The van der Waals surface area contributed by atoms with Crippen LogP contribution in [0.5, 0.6) is 0 Å². The van der Waals surface area contributed by atoms with E-state index in [2.05, 4.69) is 4.98 Å². The molecule has 0 atom stereocenters. The van der Waals surface area contributed by atoms with Crippen LogP contribution >= 0.6 is 23.1 Å². The van der Waals surface area contributed by atoms with Crippen molar-refractivity contribution in [3.05, 3.63) is 65.0 Å². The van der Waals surface area contributed by atoms with E-state index in [9.17, 15) is 23.2 Å². The number of para-hydroxylation sites is 1. The summed E-state index contributed by atoms with van der Waals surface area (Å²) in [6.07, 6.45) is -4.71. The molecule has 2 aromatic heterocycles. The smallest absolute Gasteiger partial charge is 0.315 e. The maximum absolute atomic E-state index is 13.5. The van der Waals surface area contributed by atoms with E-state index in [4.69, 9.17) is 0 Å². The molecule has 0 aliphatic heterocycles. The minimum atomic E-state index is -4.71. The number of pyridine rings is 1. The fourth-order valence-electron chi connectivity index (χ4n) is 2.53. The van der Waals surface area contributed by atoms with Gasteiger partial charge in [-0.25, -0.2) is 4.98 Å². The number of hydrogen-bond acceptors (Lipinski definition) is 5. The number of alkyl halides is 3. The Kier molecular flexibility index (Phi) is 6.25. The Labute approximate surface area is 173 Å². The van der Waals surface area contributed by atoms with Crippen molar-refractivity contribution in [3.8, 4) is 16.6 Å². The molecular weight excluding hydrogens is 419 g/mol. The van der Waals surface area contributed by atoms with Crippen LogP contribution in [0.25, 0.3) is 10.6 Å². The first kappa shape index (κ1) is 20.9. The Morgan fingerprint density at radius 1 is 1.24 bits per heavy atom. The van der Waals surface area contributed by atoms with Gasteiger partial charge in [-0.2, -0.15) is 18.4 Å². The van der Waals surface area contributed by atoms with Crippen molar-refractivity contribution < 1.29 is 18.0 Å². The van der Waals surface area contributed by atoms with Crippen molar-refractivity contribution in [3.63, 3.8) is 0 Å². The van der Waals surface area contributed by atoms with Crippen LogP contribution < -0.4 is 4.90 Å². The summed E-state index contributed by atoms with van der Waals surface area (Å²) in [5.74, 6) is -0.472. The monoisotopic (exact) mass is 433 g/mol. The Balaban J connectivity index is 1.92. The van der Waals surface area contributed by atoms with Gasteiger partial charge in [-0.05, 0) is 29.6 Å². The zero-order valence-corrected chi connectivity index (χ0v) is 16.7. The minimum Gasteiger partial charge on any atom is -0.315 e. The van der Waals surface area contributed by atoms with Gasteiger partial charge in [-0.15, -0.1) is 11.3 Å². The summed E-state index contributed by atoms with van der Waals surface area (Å²) in [6.45, 7) is 0. The lowest BCUT2D eigenvalue weighted by atomic mass is 10.1. The highest BCUT2D eigenvalue weighted by Crippen LogP contribution is 2.38. The summed E-state index contributed by atoms with van der Waals surface area (Å²) in [6, 6.07) is 14.7. The second-order valence-electron chi connectivity index (χ2n) is 5.90. The summed E-state index contributed by atoms with van der Waals surface area (Å²) in [7, 11) is 1.58. The fraction of sp³-hybridized carbons (Fsp3) is 0.150. The highest BCUT2D eigenvalue weighted by atomic mass is 32.2. The average Bonchev–Trinajstić information content (AvgIpc) is 3.25. The number of thiophene rings is 1. The molecule has 0 spiro atoms. The first-order valence-electron chi connectivity index (χ1n) is 8.32. The van der Waals surface area contributed by atoms with Crippen LogP contribution in [0, 0.1) is 11.3 Å². The summed E-state index contributed by atoms with van der Waals surface area (Å²) < 4.78 is 40.6. The van der Waals surface area contributed by atoms with Gasteiger partial charge in [0.15, 0.2) is 0 Å². The predicted molar refractivity (Wildman–Crippen MR) is 108 cm³/mol. The van der Waals surface area contributed by atoms with Crippen molar-refractivity contribution >= 4 is 34.7 Å². The van der Waals surface area contributed by atoms with E-state index in [1.165, 1.54) is 16.2 Å². The molecule has 3 rings (SSSR count). The second kappa shape index (κ2) is 8.68. The third kappa shape index (κ3) is 4.78. The lowest BCUT2D eigenvalue weighted by Gasteiger charge is -2.18. The largest absolute Gasteiger partial charge is 0.417 e. The average molecular weight is 433 g/mol. The first-order valence-corrected chi connectivity index (χ1v) is 10.2. The van der Waals surface area contributed by atoms with Gasteiger partial charge in [-0.3, -0.25) is 4.79 Å². The quantitative estimate of drug-likeness (QED) is 0.502. The molecule has 0 fully saturated rings. The molecule has 4 nitrogen and oxygen atoms in total. The number of carbonyl (C=O) groups is 1. The summed E-state index contributed by atoms with van der Waals surface area (Å²) in [5.41, 5.74) is -0.838. The molecule has 0 aliphatic carbocycles. The van der Waals surface area contributed by atoms with E-state index >= 15 is 0 Å². The molecule has 148 valence electrons. The van der Waals surface area contributed by atoms with E-state index in [0.717, 1.165) is 17.8 Å². The number of anilines is 1. The minimum absolute atomic E-state index is 0.111. The summed E-state index contributed by atoms with van der Waals surface area (Å²) in [5, 5.41) is 11.0. The second-order valence-corrected chi connectivity index (χ2v) is 7.81. The molecule has 3 aromatic rings. The van der Waals surface area contributed by atoms with Crippen LogP contribution in [0.3, 0.4) is 0 Å². The normalized spacial score (nSPS) is 11.1. The molecule has 0 bridgehead atoms. The Bertz CT molecular complexity index is 1050. The highest BCUT2D eigenvalue weighted by Gasteiger charge is 2.36. The van der Waals surface area contributed by atoms with Gasteiger partial charge in [0.25, 0.3) is 0 Å².